The standard InChI is InChI=1S/C22H16Cl2N2O3/c23-16-9-8-14(11-17(16)24)13-26-19-7-2-1-5-15(19)22(29,21(26)28)12-20(27)18-6-3-4-10-25-18/h1-11,29H,12-13H2. The number of ketones is 1. The van der Waals surface area contributed by atoms with Crippen molar-refractivity contribution < 1.29 is 14.7 Å². The van der Waals surface area contributed by atoms with Crippen LogP contribution in [0.25, 0.3) is 0 Å². The average Bonchev–Trinajstić information content (AvgIpc) is 2.93. The number of hydrogen-bond acceptors (Lipinski definition) is 4. The monoisotopic (exact) mass is 426 g/mol. The van der Waals surface area contributed by atoms with Crippen molar-refractivity contribution in [3.05, 3.63) is 93.7 Å². The Morgan fingerprint density at radius 1 is 1.03 bits per heavy atom. The molecule has 1 atom stereocenters. The van der Waals surface area contributed by atoms with Gasteiger partial charge in [-0.25, -0.2) is 0 Å². The van der Waals surface area contributed by atoms with Crippen molar-refractivity contribution in [3.63, 3.8) is 0 Å². The fraction of sp³-hybridized carbons (Fsp3) is 0.136. The molecular weight excluding hydrogens is 411 g/mol. The minimum atomic E-state index is -1.96. The Bertz CT molecular complexity index is 1100. The molecule has 1 aliphatic heterocycles. The molecular formula is C22H16Cl2N2O3. The van der Waals surface area contributed by atoms with Gasteiger partial charge < -0.3 is 10.0 Å². The van der Waals surface area contributed by atoms with Gasteiger partial charge >= 0.3 is 0 Å². The number of amides is 1. The molecule has 0 bridgehead atoms. The van der Waals surface area contributed by atoms with Crippen LogP contribution >= 0.6 is 23.2 Å². The highest BCUT2D eigenvalue weighted by molar-refractivity contribution is 6.42. The molecule has 1 unspecified atom stereocenters. The molecule has 29 heavy (non-hydrogen) atoms. The van der Waals surface area contributed by atoms with E-state index in [2.05, 4.69) is 4.98 Å². The van der Waals surface area contributed by atoms with Gasteiger partial charge in [0.15, 0.2) is 11.4 Å². The molecule has 0 fully saturated rings. The molecule has 1 aliphatic rings. The number of rotatable bonds is 5. The van der Waals surface area contributed by atoms with E-state index in [0.717, 1.165) is 5.56 Å². The maximum Gasteiger partial charge on any atom is 0.264 e. The summed E-state index contributed by atoms with van der Waals surface area (Å²) in [5.41, 5.74) is -0.0484. The molecule has 0 saturated carbocycles. The molecule has 0 saturated heterocycles. The first-order valence-electron chi connectivity index (χ1n) is 8.92. The van der Waals surface area contributed by atoms with Gasteiger partial charge in [0.2, 0.25) is 0 Å². The topological polar surface area (TPSA) is 70.5 Å². The van der Waals surface area contributed by atoms with Crippen molar-refractivity contribution in [2.24, 2.45) is 0 Å². The van der Waals surface area contributed by atoms with Crippen LogP contribution in [0.1, 0.15) is 28.0 Å². The zero-order valence-corrected chi connectivity index (χ0v) is 16.7. The molecule has 3 aromatic rings. The van der Waals surface area contributed by atoms with Gasteiger partial charge in [0.25, 0.3) is 5.91 Å². The molecule has 1 aromatic heterocycles. The minimum absolute atomic E-state index is 0.187. The van der Waals surface area contributed by atoms with Crippen molar-refractivity contribution in [2.75, 3.05) is 4.90 Å². The molecule has 7 heteroatoms. The Labute approximate surface area is 177 Å². The number of fused-ring (bicyclic) bond motifs is 1. The third-order valence-electron chi connectivity index (χ3n) is 4.93. The number of Topliss-reactive ketones (excluding diaryl/α,β-unsaturated/α-hetero) is 1. The molecule has 1 amide bonds. The number of hydrogen-bond donors (Lipinski definition) is 1. The maximum absolute atomic E-state index is 13.3. The van der Waals surface area contributed by atoms with Crippen LogP contribution in [0.15, 0.2) is 66.9 Å². The fourth-order valence-corrected chi connectivity index (χ4v) is 3.83. The van der Waals surface area contributed by atoms with Gasteiger partial charge in [0.05, 0.1) is 28.7 Å². The zero-order valence-electron chi connectivity index (χ0n) is 15.2. The normalized spacial score (nSPS) is 18.0. The van der Waals surface area contributed by atoms with Crippen molar-refractivity contribution in [1.82, 2.24) is 4.98 Å². The van der Waals surface area contributed by atoms with Gasteiger partial charge in [-0.2, -0.15) is 0 Å². The Hall–Kier alpha value is -2.73. The quantitative estimate of drug-likeness (QED) is 0.613. The lowest BCUT2D eigenvalue weighted by Crippen LogP contribution is -2.41. The van der Waals surface area contributed by atoms with Crippen LogP contribution in [-0.2, 0) is 16.9 Å². The molecule has 5 nitrogen and oxygen atoms in total. The van der Waals surface area contributed by atoms with Gasteiger partial charge in [-0.1, -0.05) is 53.5 Å². The first kappa shape index (κ1) is 19.6. The lowest BCUT2D eigenvalue weighted by molar-refractivity contribution is -0.136. The molecule has 0 aliphatic carbocycles. The summed E-state index contributed by atoms with van der Waals surface area (Å²) in [7, 11) is 0. The molecule has 146 valence electrons. The van der Waals surface area contributed by atoms with Crippen LogP contribution in [0.4, 0.5) is 5.69 Å². The van der Waals surface area contributed by atoms with E-state index >= 15 is 0 Å². The SMILES string of the molecule is O=C(CC1(O)C(=O)N(Cc2ccc(Cl)c(Cl)c2)c2ccccc21)c1ccccn1. The highest BCUT2D eigenvalue weighted by Crippen LogP contribution is 2.43. The summed E-state index contributed by atoms with van der Waals surface area (Å²) in [6, 6.07) is 16.9. The van der Waals surface area contributed by atoms with Crippen molar-refractivity contribution in [3.8, 4) is 0 Å². The van der Waals surface area contributed by atoms with Crippen LogP contribution in [0, 0.1) is 0 Å². The van der Waals surface area contributed by atoms with E-state index in [0.29, 0.717) is 21.3 Å². The second-order valence-corrected chi connectivity index (χ2v) is 7.65. The minimum Gasteiger partial charge on any atom is -0.375 e. The number of nitrogens with zero attached hydrogens (tertiary/aromatic N) is 2. The smallest absolute Gasteiger partial charge is 0.264 e. The van der Waals surface area contributed by atoms with Gasteiger partial charge in [-0.3, -0.25) is 14.6 Å². The molecule has 4 rings (SSSR count). The number of carbonyl (C=O) groups excluding carboxylic acids is 2. The summed E-state index contributed by atoms with van der Waals surface area (Å²) in [5.74, 6) is -0.971. The van der Waals surface area contributed by atoms with E-state index in [1.54, 1.807) is 60.7 Å². The number of para-hydroxylation sites is 1. The lowest BCUT2D eigenvalue weighted by Gasteiger charge is -2.23. The maximum atomic E-state index is 13.3. The van der Waals surface area contributed by atoms with E-state index < -0.39 is 23.7 Å². The predicted molar refractivity (Wildman–Crippen MR) is 111 cm³/mol. The summed E-state index contributed by atoms with van der Waals surface area (Å²) >= 11 is 12.1. The zero-order chi connectivity index (χ0) is 20.6. The van der Waals surface area contributed by atoms with Crippen LogP contribution < -0.4 is 4.90 Å². The second kappa shape index (κ2) is 7.59. The molecule has 1 N–H and O–H groups in total. The van der Waals surface area contributed by atoms with E-state index in [-0.39, 0.29) is 12.2 Å². The summed E-state index contributed by atoms with van der Waals surface area (Å²) in [6.45, 7) is 0.187. The number of aliphatic hydroxyl groups is 1. The van der Waals surface area contributed by atoms with E-state index in [1.807, 2.05) is 0 Å². The first-order chi connectivity index (χ1) is 13.9. The third-order valence-corrected chi connectivity index (χ3v) is 5.67. The highest BCUT2D eigenvalue weighted by Gasteiger charge is 2.50. The first-order valence-corrected chi connectivity index (χ1v) is 9.68. The Kier molecular flexibility index (Phi) is 5.13. The largest absolute Gasteiger partial charge is 0.375 e. The molecule has 0 radical (unpaired) electrons. The third kappa shape index (κ3) is 3.53. The number of aromatic nitrogens is 1. The Morgan fingerprint density at radius 2 is 1.79 bits per heavy atom. The molecule has 0 spiro atoms. The lowest BCUT2D eigenvalue weighted by atomic mass is 9.89. The van der Waals surface area contributed by atoms with Gasteiger partial charge in [0, 0.05) is 11.8 Å². The van der Waals surface area contributed by atoms with Gasteiger partial charge in [-0.15, -0.1) is 0 Å². The number of carbonyl (C=O) groups is 2. The van der Waals surface area contributed by atoms with Crippen LogP contribution in [-0.4, -0.2) is 21.8 Å². The summed E-state index contributed by atoms with van der Waals surface area (Å²) < 4.78 is 0. The van der Waals surface area contributed by atoms with Crippen molar-refractivity contribution in [1.29, 1.82) is 0 Å². The van der Waals surface area contributed by atoms with Gasteiger partial charge in [-0.05, 0) is 35.9 Å². The average molecular weight is 427 g/mol. The summed E-state index contributed by atoms with van der Waals surface area (Å²) in [5, 5.41) is 12.1. The number of benzene rings is 2. The number of pyridine rings is 1. The van der Waals surface area contributed by atoms with E-state index in [1.165, 1.54) is 11.1 Å². The van der Waals surface area contributed by atoms with Gasteiger partial charge in [0.1, 0.15) is 5.69 Å². The van der Waals surface area contributed by atoms with Crippen molar-refractivity contribution >= 4 is 40.6 Å². The van der Waals surface area contributed by atoms with Crippen LogP contribution in [0.3, 0.4) is 0 Å². The number of halogens is 2. The van der Waals surface area contributed by atoms with E-state index in [4.69, 9.17) is 23.2 Å². The molecule has 2 aromatic carbocycles. The summed E-state index contributed by atoms with van der Waals surface area (Å²) in [4.78, 5) is 31.4. The van der Waals surface area contributed by atoms with E-state index in [9.17, 15) is 14.7 Å². The fourth-order valence-electron chi connectivity index (χ4n) is 3.51. The Morgan fingerprint density at radius 3 is 2.52 bits per heavy atom. The van der Waals surface area contributed by atoms with Crippen LogP contribution in [0.2, 0.25) is 10.0 Å². The Balaban J connectivity index is 1.68. The number of anilines is 1. The highest BCUT2D eigenvalue weighted by atomic mass is 35.5. The second-order valence-electron chi connectivity index (χ2n) is 6.83. The van der Waals surface area contributed by atoms with Crippen molar-refractivity contribution in [2.45, 2.75) is 18.6 Å². The molecule has 2 heterocycles. The predicted octanol–water partition coefficient (Wildman–Crippen LogP) is 4.40. The summed E-state index contributed by atoms with van der Waals surface area (Å²) in [6.07, 6.45) is 1.11. The van der Waals surface area contributed by atoms with Crippen LogP contribution in [0.5, 0.6) is 0 Å².